The number of carbonyl (C=O) groups excluding carboxylic acids is 2. The number of nitriles is 1. The van der Waals surface area contributed by atoms with E-state index in [1.54, 1.807) is 60.8 Å². The first-order valence-corrected chi connectivity index (χ1v) is 8.11. The van der Waals surface area contributed by atoms with Crippen molar-refractivity contribution in [1.29, 1.82) is 5.26 Å². The number of nitrogens with one attached hydrogen (secondary N) is 2. The first kappa shape index (κ1) is 16.5. The lowest BCUT2D eigenvalue weighted by atomic mass is 10.1. The molecule has 0 spiro atoms. The van der Waals surface area contributed by atoms with E-state index in [0.29, 0.717) is 16.2 Å². The molecule has 6 nitrogen and oxygen atoms in total. The second-order valence-corrected chi connectivity index (χ2v) is 6.05. The number of hydrogen-bond donors (Lipinski definition) is 2. The molecule has 25 heavy (non-hydrogen) atoms. The number of amidine groups is 1. The molecular weight excluding hydrogens is 336 g/mol. The smallest absolute Gasteiger partial charge is 0.264 e. The van der Waals surface area contributed by atoms with Crippen molar-refractivity contribution >= 4 is 40.5 Å². The van der Waals surface area contributed by atoms with Crippen molar-refractivity contribution in [3.05, 3.63) is 70.6 Å². The van der Waals surface area contributed by atoms with E-state index in [1.807, 2.05) is 6.07 Å². The van der Waals surface area contributed by atoms with Gasteiger partial charge in [-0.25, -0.2) is 0 Å². The molecule has 0 saturated carbocycles. The van der Waals surface area contributed by atoms with Crippen LogP contribution in [-0.2, 0) is 4.79 Å². The lowest BCUT2D eigenvalue weighted by Crippen LogP contribution is -2.19. The molecule has 2 N–H and O–H groups in total. The first-order valence-electron chi connectivity index (χ1n) is 7.30. The van der Waals surface area contributed by atoms with Gasteiger partial charge in [0.1, 0.15) is 0 Å². The van der Waals surface area contributed by atoms with Gasteiger partial charge in [-0.3, -0.25) is 14.9 Å². The van der Waals surface area contributed by atoms with Crippen LogP contribution in [0.5, 0.6) is 0 Å². The highest BCUT2D eigenvalue weighted by molar-refractivity contribution is 8.18. The number of amides is 2. The number of hydrogen-bond acceptors (Lipinski definition) is 5. The zero-order chi connectivity index (χ0) is 17.6. The van der Waals surface area contributed by atoms with Crippen LogP contribution >= 0.6 is 11.8 Å². The maximum atomic E-state index is 12.1. The number of anilines is 1. The molecule has 2 aromatic carbocycles. The van der Waals surface area contributed by atoms with Crippen molar-refractivity contribution in [3.8, 4) is 6.19 Å². The highest BCUT2D eigenvalue weighted by atomic mass is 32.2. The molecule has 1 fully saturated rings. The maximum Gasteiger partial charge on any atom is 0.264 e. The first-order chi connectivity index (χ1) is 12.2. The van der Waals surface area contributed by atoms with Gasteiger partial charge in [0.2, 0.25) is 6.19 Å². The molecule has 1 aliphatic rings. The number of thioether (sulfide) groups is 1. The molecule has 3 rings (SSSR count). The van der Waals surface area contributed by atoms with E-state index >= 15 is 0 Å². The Hall–Kier alpha value is -3.37. The van der Waals surface area contributed by atoms with Crippen LogP contribution in [0.2, 0.25) is 0 Å². The minimum atomic E-state index is -0.291. The van der Waals surface area contributed by atoms with Gasteiger partial charge < -0.3 is 5.32 Å². The Morgan fingerprint density at radius 3 is 2.56 bits per heavy atom. The lowest BCUT2D eigenvalue weighted by molar-refractivity contribution is -0.115. The van der Waals surface area contributed by atoms with Crippen LogP contribution in [0.4, 0.5) is 5.69 Å². The van der Waals surface area contributed by atoms with Gasteiger partial charge in [-0.1, -0.05) is 30.3 Å². The summed E-state index contributed by atoms with van der Waals surface area (Å²) in [5.74, 6) is -0.477. The summed E-state index contributed by atoms with van der Waals surface area (Å²) in [6, 6.07) is 16.0. The van der Waals surface area contributed by atoms with E-state index in [1.165, 1.54) is 0 Å². The minimum absolute atomic E-state index is 0.185. The molecule has 2 amide bonds. The van der Waals surface area contributed by atoms with Crippen LogP contribution < -0.4 is 10.6 Å². The summed E-state index contributed by atoms with van der Waals surface area (Å²) in [7, 11) is 0. The van der Waals surface area contributed by atoms with Gasteiger partial charge in [0.15, 0.2) is 5.17 Å². The van der Waals surface area contributed by atoms with Gasteiger partial charge in [-0.2, -0.15) is 5.26 Å². The Morgan fingerprint density at radius 1 is 1.16 bits per heavy atom. The van der Waals surface area contributed by atoms with E-state index < -0.39 is 0 Å². The molecule has 1 aliphatic heterocycles. The molecule has 0 bridgehead atoms. The fourth-order valence-corrected chi connectivity index (χ4v) is 2.91. The van der Waals surface area contributed by atoms with Crippen LogP contribution in [0.1, 0.15) is 15.9 Å². The number of benzene rings is 2. The van der Waals surface area contributed by atoms with E-state index in [9.17, 15) is 9.59 Å². The average molecular weight is 348 g/mol. The fraction of sp³-hybridized carbons (Fsp3) is 0. The summed E-state index contributed by atoms with van der Waals surface area (Å²) >= 11 is 1.11. The molecule has 0 atom stereocenters. The Balaban J connectivity index is 1.70. The van der Waals surface area contributed by atoms with Gasteiger partial charge >= 0.3 is 0 Å². The van der Waals surface area contributed by atoms with Gasteiger partial charge in [-0.15, -0.1) is 4.99 Å². The summed E-state index contributed by atoms with van der Waals surface area (Å²) in [4.78, 5) is 27.8. The number of rotatable bonds is 3. The molecule has 122 valence electrons. The van der Waals surface area contributed by atoms with Gasteiger partial charge in [0.05, 0.1) is 4.91 Å². The zero-order valence-electron chi connectivity index (χ0n) is 12.9. The second kappa shape index (κ2) is 7.47. The number of nitrogens with zero attached hydrogens (tertiary/aromatic N) is 2. The number of aliphatic imine (C=N–C) groups is 1. The van der Waals surface area contributed by atoms with Crippen molar-refractivity contribution in [2.24, 2.45) is 4.99 Å². The zero-order valence-corrected chi connectivity index (χ0v) is 13.7. The summed E-state index contributed by atoms with van der Waals surface area (Å²) in [5, 5.41) is 14.1. The molecule has 0 radical (unpaired) electrons. The summed E-state index contributed by atoms with van der Waals surface area (Å²) < 4.78 is 0. The highest BCUT2D eigenvalue weighted by Crippen LogP contribution is 2.26. The van der Waals surface area contributed by atoms with Gasteiger partial charge in [0.25, 0.3) is 11.8 Å². The quantitative estimate of drug-likeness (QED) is 0.658. The Bertz CT molecular complexity index is 912. The molecule has 1 heterocycles. The Morgan fingerprint density at radius 2 is 1.88 bits per heavy atom. The molecule has 0 aromatic heterocycles. The van der Waals surface area contributed by atoms with E-state index in [0.717, 1.165) is 17.3 Å². The second-order valence-electron chi connectivity index (χ2n) is 5.02. The SMILES string of the molecule is N#CN=C1NC(=O)C(=Cc2ccc(NC(=O)c3ccccc3)cc2)S1. The predicted molar refractivity (Wildman–Crippen MR) is 97.6 cm³/mol. The molecule has 1 saturated heterocycles. The molecule has 7 heteroatoms. The maximum absolute atomic E-state index is 12.1. The lowest BCUT2D eigenvalue weighted by Gasteiger charge is -2.05. The third kappa shape index (κ3) is 4.13. The van der Waals surface area contributed by atoms with Crippen LogP contribution in [0.25, 0.3) is 6.08 Å². The monoisotopic (exact) mass is 348 g/mol. The van der Waals surface area contributed by atoms with Gasteiger partial charge in [-0.05, 0) is 47.7 Å². The van der Waals surface area contributed by atoms with Crippen LogP contribution in [-0.4, -0.2) is 17.0 Å². The fourth-order valence-electron chi connectivity index (χ4n) is 2.13. The summed E-state index contributed by atoms with van der Waals surface area (Å²) in [6.07, 6.45) is 3.34. The molecule has 0 aliphatic carbocycles. The molecule has 2 aromatic rings. The Kier molecular flexibility index (Phi) is 4.92. The Labute approximate surface area is 148 Å². The van der Waals surface area contributed by atoms with Crippen molar-refractivity contribution in [3.63, 3.8) is 0 Å². The van der Waals surface area contributed by atoms with E-state index in [4.69, 9.17) is 5.26 Å². The molecule has 0 unspecified atom stereocenters. The van der Waals surface area contributed by atoms with Crippen molar-refractivity contribution in [2.45, 2.75) is 0 Å². The van der Waals surface area contributed by atoms with Crippen LogP contribution in [0.15, 0.2) is 64.5 Å². The molecular formula is C18H12N4O2S. The summed E-state index contributed by atoms with van der Waals surface area (Å²) in [6.45, 7) is 0. The van der Waals surface area contributed by atoms with E-state index in [-0.39, 0.29) is 17.0 Å². The van der Waals surface area contributed by atoms with Crippen molar-refractivity contribution in [1.82, 2.24) is 5.32 Å². The predicted octanol–water partition coefficient (Wildman–Crippen LogP) is 2.98. The van der Waals surface area contributed by atoms with Crippen molar-refractivity contribution in [2.75, 3.05) is 5.32 Å². The standard InChI is InChI=1S/C18H12N4O2S/c19-11-20-18-22-17(24)15(25-18)10-12-6-8-14(9-7-12)21-16(23)13-4-2-1-3-5-13/h1-10H,(H,21,23)(H,20,22,24). The largest absolute Gasteiger partial charge is 0.322 e. The van der Waals surface area contributed by atoms with Gasteiger partial charge in [0, 0.05) is 11.3 Å². The normalized spacial score (nSPS) is 16.5. The topological polar surface area (TPSA) is 94.3 Å². The van der Waals surface area contributed by atoms with Crippen LogP contribution in [0, 0.1) is 11.5 Å². The average Bonchev–Trinajstić information content (AvgIpc) is 2.97. The summed E-state index contributed by atoms with van der Waals surface area (Å²) in [5.41, 5.74) is 2.04. The highest BCUT2D eigenvalue weighted by Gasteiger charge is 2.23. The van der Waals surface area contributed by atoms with E-state index in [2.05, 4.69) is 15.6 Å². The van der Waals surface area contributed by atoms with Crippen molar-refractivity contribution < 1.29 is 9.59 Å². The third-order valence-corrected chi connectivity index (χ3v) is 4.21. The number of carbonyl (C=O) groups is 2. The minimum Gasteiger partial charge on any atom is -0.322 e. The third-order valence-electron chi connectivity index (χ3n) is 3.30. The van der Waals surface area contributed by atoms with Crippen LogP contribution in [0.3, 0.4) is 0 Å².